The highest BCUT2D eigenvalue weighted by Gasteiger charge is 2.04. The first kappa shape index (κ1) is 4.61. The summed E-state index contributed by atoms with van der Waals surface area (Å²) in [4.78, 5) is 4.07. The van der Waals surface area contributed by atoms with E-state index in [1.165, 1.54) is 0 Å². The fourth-order valence-corrected chi connectivity index (χ4v) is 0.848. The van der Waals surface area contributed by atoms with Crippen LogP contribution in [0.15, 0.2) is 17.3 Å². The lowest BCUT2D eigenvalue weighted by atomic mass is 10.3. The number of hydrogen-bond donors (Lipinski definition) is 0. The second-order valence-electron chi connectivity index (χ2n) is 1.88. The topological polar surface area (TPSA) is 38.1 Å². The number of aliphatic imine (C=N–C) groups is 1. The van der Waals surface area contributed by atoms with Crippen molar-refractivity contribution in [2.75, 3.05) is 0 Å². The Hall–Kier alpha value is -1.25. The molecule has 0 atom stereocenters. The summed E-state index contributed by atoms with van der Waals surface area (Å²) in [7, 11) is 0. The molecule has 1 aromatic rings. The third-order valence-corrected chi connectivity index (χ3v) is 1.29. The van der Waals surface area contributed by atoms with Crippen LogP contribution in [-0.4, -0.2) is 16.4 Å². The molecular formula is C6H5N3. The van der Waals surface area contributed by atoms with Gasteiger partial charge < -0.3 is 0 Å². The van der Waals surface area contributed by atoms with Crippen LogP contribution in [0.4, 0.5) is 5.69 Å². The van der Waals surface area contributed by atoms with Crippen LogP contribution < -0.4 is 0 Å². The van der Waals surface area contributed by atoms with Gasteiger partial charge >= 0.3 is 0 Å². The number of fused-ring (bicyclic) bond motifs is 1. The largest absolute Gasteiger partial charge is 0.259 e. The van der Waals surface area contributed by atoms with Gasteiger partial charge in [0.2, 0.25) is 0 Å². The summed E-state index contributed by atoms with van der Waals surface area (Å²) in [6.45, 7) is 0. The van der Waals surface area contributed by atoms with Crippen molar-refractivity contribution >= 4 is 11.9 Å². The van der Waals surface area contributed by atoms with Gasteiger partial charge in [-0.05, 0) is 6.07 Å². The monoisotopic (exact) mass is 119 g/mol. The van der Waals surface area contributed by atoms with Crippen molar-refractivity contribution in [2.45, 2.75) is 6.42 Å². The standard InChI is InChI=1S/C6H5N3/c1-3-7-5-2-4-8-9-6(1)5/h2-4H,1H2. The lowest BCUT2D eigenvalue weighted by Crippen LogP contribution is -1.86. The summed E-state index contributed by atoms with van der Waals surface area (Å²) in [6, 6.07) is 1.87. The quantitative estimate of drug-likeness (QED) is 0.505. The maximum absolute atomic E-state index is 4.07. The molecule has 1 aliphatic rings. The van der Waals surface area contributed by atoms with Gasteiger partial charge in [-0.3, -0.25) is 4.99 Å². The van der Waals surface area contributed by atoms with Crippen LogP contribution >= 0.6 is 0 Å². The van der Waals surface area contributed by atoms with Crippen LogP contribution in [0.3, 0.4) is 0 Å². The van der Waals surface area contributed by atoms with Crippen LogP contribution in [0.5, 0.6) is 0 Å². The number of rotatable bonds is 0. The van der Waals surface area contributed by atoms with Crippen molar-refractivity contribution in [2.24, 2.45) is 4.99 Å². The molecule has 9 heavy (non-hydrogen) atoms. The molecular weight excluding hydrogens is 114 g/mol. The first-order valence-electron chi connectivity index (χ1n) is 2.80. The van der Waals surface area contributed by atoms with Crippen LogP contribution in [-0.2, 0) is 6.42 Å². The molecule has 0 aliphatic carbocycles. The SMILES string of the molecule is C1=Nc2ccnnc2C1. The molecule has 0 N–H and O–H groups in total. The fraction of sp³-hybridized carbons (Fsp3) is 0.167. The molecule has 0 radical (unpaired) electrons. The predicted octanol–water partition coefficient (Wildman–Crippen LogP) is 0.735. The van der Waals surface area contributed by atoms with Gasteiger partial charge in [0.1, 0.15) is 0 Å². The molecule has 3 heteroatoms. The van der Waals surface area contributed by atoms with Crippen molar-refractivity contribution in [3.05, 3.63) is 18.0 Å². The first-order valence-corrected chi connectivity index (χ1v) is 2.80. The highest BCUT2D eigenvalue weighted by Crippen LogP contribution is 2.18. The predicted molar refractivity (Wildman–Crippen MR) is 33.9 cm³/mol. The van der Waals surface area contributed by atoms with Crippen molar-refractivity contribution < 1.29 is 0 Å². The van der Waals surface area contributed by atoms with Gasteiger partial charge in [-0.25, -0.2) is 0 Å². The van der Waals surface area contributed by atoms with E-state index < -0.39 is 0 Å². The normalized spacial score (nSPS) is 13.8. The summed E-state index contributed by atoms with van der Waals surface area (Å²) >= 11 is 0. The van der Waals surface area contributed by atoms with Crippen LogP contribution in [0.25, 0.3) is 0 Å². The molecule has 2 rings (SSSR count). The summed E-state index contributed by atoms with van der Waals surface area (Å²) < 4.78 is 0. The molecule has 0 saturated heterocycles. The lowest BCUT2D eigenvalue weighted by Gasteiger charge is -1.88. The Balaban J connectivity index is 2.63. The van der Waals surface area contributed by atoms with E-state index in [0.717, 1.165) is 17.8 Å². The molecule has 1 aliphatic heterocycles. The molecule has 1 aromatic heterocycles. The average molecular weight is 119 g/mol. The van der Waals surface area contributed by atoms with Crippen LogP contribution in [0, 0.1) is 0 Å². The second-order valence-corrected chi connectivity index (χ2v) is 1.88. The van der Waals surface area contributed by atoms with E-state index in [9.17, 15) is 0 Å². The molecule has 0 saturated carbocycles. The molecule has 0 fully saturated rings. The minimum absolute atomic E-state index is 0.836. The van der Waals surface area contributed by atoms with Crippen LogP contribution in [0.2, 0.25) is 0 Å². The van der Waals surface area contributed by atoms with Gasteiger partial charge in [-0.15, -0.1) is 0 Å². The molecule has 0 unspecified atom stereocenters. The Bertz CT molecular complexity index is 254. The van der Waals surface area contributed by atoms with E-state index in [2.05, 4.69) is 15.2 Å². The van der Waals surface area contributed by atoms with E-state index in [0.29, 0.717) is 0 Å². The summed E-state index contributed by atoms with van der Waals surface area (Å²) in [5, 5.41) is 7.61. The fourth-order valence-electron chi connectivity index (χ4n) is 0.848. The van der Waals surface area contributed by atoms with E-state index >= 15 is 0 Å². The number of aromatic nitrogens is 2. The van der Waals surface area contributed by atoms with Gasteiger partial charge in [-0.2, -0.15) is 10.2 Å². The zero-order valence-corrected chi connectivity index (χ0v) is 4.78. The summed E-state index contributed by atoms with van der Waals surface area (Å²) in [5.74, 6) is 0. The highest BCUT2D eigenvalue weighted by atomic mass is 15.1. The molecule has 44 valence electrons. The smallest absolute Gasteiger partial charge is 0.0940 e. The van der Waals surface area contributed by atoms with Gasteiger partial charge in [0.05, 0.1) is 17.6 Å². The first-order chi connectivity index (χ1) is 4.47. The van der Waals surface area contributed by atoms with Gasteiger partial charge in [0, 0.05) is 12.6 Å². The number of nitrogens with zero attached hydrogens (tertiary/aromatic N) is 3. The number of hydrogen-bond acceptors (Lipinski definition) is 3. The maximum Gasteiger partial charge on any atom is 0.0940 e. The average Bonchev–Trinajstić information content (AvgIpc) is 2.33. The molecule has 0 amide bonds. The van der Waals surface area contributed by atoms with Gasteiger partial charge in [0.15, 0.2) is 0 Å². The third-order valence-electron chi connectivity index (χ3n) is 1.29. The Morgan fingerprint density at radius 3 is 3.33 bits per heavy atom. The van der Waals surface area contributed by atoms with E-state index in [-0.39, 0.29) is 0 Å². The van der Waals surface area contributed by atoms with Crippen molar-refractivity contribution in [1.82, 2.24) is 10.2 Å². The molecule has 3 nitrogen and oxygen atoms in total. The Morgan fingerprint density at radius 1 is 1.44 bits per heavy atom. The van der Waals surface area contributed by atoms with Crippen molar-refractivity contribution in [3.8, 4) is 0 Å². The van der Waals surface area contributed by atoms with E-state index in [1.807, 2.05) is 12.3 Å². The Labute approximate surface area is 52.5 Å². The van der Waals surface area contributed by atoms with E-state index in [4.69, 9.17) is 0 Å². The Kier molecular flexibility index (Phi) is 0.828. The zero-order valence-electron chi connectivity index (χ0n) is 4.78. The minimum Gasteiger partial charge on any atom is -0.259 e. The second kappa shape index (κ2) is 1.62. The third kappa shape index (κ3) is 0.614. The van der Waals surface area contributed by atoms with Crippen molar-refractivity contribution in [1.29, 1.82) is 0 Å². The summed E-state index contributed by atoms with van der Waals surface area (Å²) in [6.07, 6.45) is 4.34. The van der Waals surface area contributed by atoms with Crippen molar-refractivity contribution in [3.63, 3.8) is 0 Å². The van der Waals surface area contributed by atoms with Crippen LogP contribution in [0.1, 0.15) is 5.69 Å². The molecule has 0 spiro atoms. The molecule has 2 heterocycles. The van der Waals surface area contributed by atoms with Gasteiger partial charge in [-0.1, -0.05) is 0 Å². The zero-order chi connectivity index (χ0) is 6.10. The minimum atomic E-state index is 0.836. The molecule has 0 aromatic carbocycles. The Morgan fingerprint density at radius 2 is 2.44 bits per heavy atom. The van der Waals surface area contributed by atoms with E-state index in [1.54, 1.807) is 6.20 Å². The summed E-state index contributed by atoms with van der Waals surface area (Å²) in [5.41, 5.74) is 1.95. The lowest BCUT2D eigenvalue weighted by molar-refractivity contribution is 0.975. The maximum atomic E-state index is 4.07. The molecule has 0 bridgehead atoms. The highest BCUT2D eigenvalue weighted by molar-refractivity contribution is 5.73. The van der Waals surface area contributed by atoms with Gasteiger partial charge in [0.25, 0.3) is 0 Å².